The Morgan fingerprint density at radius 2 is 2.12 bits per heavy atom. The van der Waals surface area contributed by atoms with Gasteiger partial charge in [-0.05, 0) is 38.0 Å². The van der Waals surface area contributed by atoms with Gasteiger partial charge in [-0.1, -0.05) is 0 Å². The zero-order valence-corrected chi connectivity index (χ0v) is 19.3. The van der Waals surface area contributed by atoms with Gasteiger partial charge in [0.2, 0.25) is 21.8 Å². The van der Waals surface area contributed by atoms with Crippen LogP contribution in [0.5, 0.6) is 5.75 Å². The van der Waals surface area contributed by atoms with E-state index in [1.165, 1.54) is 42.9 Å². The molecule has 1 N–H and O–H groups in total. The van der Waals surface area contributed by atoms with Crippen molar-refractivity contribution in [2.24, 2.45) is 0 Å². The summed E-state index contributed by atoms with van der Waals surface area (Å²) in [4.78, 5) is 19.7. The van der Waals surface area contributed by atoms with E-state index in [9.17, 15) is 13.2 Å². The average molecular weight is 473 g/mol. The highest BCUT2D eigenvalue weighted by Gasteiger charge is 2.34. The second-order valence-electron chi connectivity index (χ2n) is 7.71. The Bertz CT molecular complexity index is 1280. The first-order valence-corrected chi connectivity index (χ1v) is 11.8. The number of aryl methyl sites for hydroxylation is 1. The SMILES string of the molecule is COc1ccc(S(=O)(=O)N2CCCC(c3nnc(-c4cncnc4C)o3)C2)cc1NC(C)=O. The second kappa shape index (κ2) is 9.24. The molecule has 1 amide bonds. The van der Waals surface area contributed by atoms with Crippen LogP contribution in [0.25, 0.3) is 11.5 Å². The van der Waals surface area contributed by atoms with E-state index >= 15 is 0 Å². The highest BCUT2D eigenvalue weighted by atomic mass is 32.2. The number of carbonyl (C=O) groups is 1. The highest BCUT2D eigenvalue weighted by molar-refractivity contribution is 7.89. The summed E-state index contributed by atoms with van der Waals surface area (Å²) in [5.74, 6) is 0.485. The van der Waals surface area contributed by atoms with Gasteiger partial charge in [0.25, 0.3) is 5.89 Å². The van der Waals surface area contributed by atoms with E-state index in [4.69, 9.17) is 9.15 Å². The summed E-state index contributed by atoms with van der Waals surface area (Å²) in [7, 11) is -2.37. The molecule has 0 bridgehead atoms. The fourth-order valence-electron chi connectivity index (χ4n) is 3.76. The van der Waals surface area contributed by atoms with Crippen molar-refractivity contribution in [1.82, 2.24) is 24.5 Å². The Hall–Kier alpha value is -3.38. The zero-order chi connectivity index (χ0) is 23.6. The lowest BCUT2D eigenvalue weighted by atomic mass is 10.00. The van der Waals surface area contributed by atoms with Crippen molar-refractivity contribution < 1.29 is 22.4 Å². The first-order valence-electron chi connectivity index (χ1n) is 10.4. The number of piperidine rings is 1. The van der Waals surface area contributed by atoms with Crippen molar-refractivity contribution in [2.75, 3.05) is 25.5 Å². The normalized spacial score (nSPS) is 17.0. The molecule has 1 atom stereocenters. The molecule has 1 unspecified atom stereocenters. The summed E-state index contributed by atoms with van der Waals surface area (Å²) in [5.41, 5.74) is 1.64. The summed E-state index contributed by atoms with van der Waals surface area (Å²) in [6, 6.07) is 4.39. The maximum atomic E-state index is 13.4. The lowest BCUT2D eigenvalue weighted by Crippen LogP contribution is -2.39. The maximum Gasteiger partial charge on any atom is 0.251 e. The van der Waals surface area contributed by atoms with Crippen molar-refractivity contribution in [3.05, 3.63) is 42.3 Å². The first-order chi connectivity index (χ1) is 15.8. The molecule has 11 nitrogen and oxygen atoms in total. The van der Waals surface area contributed by atoms with Crippen LogP contribution >= 0.6 is 0 Å². The molecule has 1 aliphatic rings. The van der Waals surface area contributed by atoms with Crippen molar-refractivity contribution in [2.45, 2.75) is 37.5 Å². The van der Waals surface area contributed by atoms with Gasteiger partial charge in [-0.25, -0.2) is 18.4 Å². The number of ether oxygens (including phenoxy) is 1. The highest BCUT2D eigenvalue weighted by Crippen LogP contribution is 2.33. The number of aromatic nitrogens is 4. The third-order valence-electron chi connectivity index (χ3n) is 5.44. The quantitative estimate of drug-likeness (QED) is 0.572. The lowest BCUT2D eigenvalue weighted by Gasteiger charge is -2.30. The molecule has 0 aliphatic carbocycles. The molecule has 33 heavy (non-hydrogen) atoms. The van der Waals surface area contributed by atoms with Crippen molar-refractivity contribution in [1.29, 1.82) is 0 Å². The Balaban J connectivity index is 1.57. The van der Waals surface area contributed by atoms with Crippen LogP contribution < -0.4 is 10.1 Å². The zero-order valence-electron chi connectivity index (χ0n) is 18.5. The number of anilines is 1. The van der Waals surface area contributed by atoms with Gasteiger partial charge in [-0.2, -0.15) is 4.31 Å². The van der Waals surface area contributed by atoms with Gasteiger partial charge in [-0.15, -0.1) is 10.2 Å². The van der Waals surface area contributed by atoms with Gasteiger partial charge in [0.15, 0.2) is 0 Å². The predicted molar refractivity (Wildman–Crippen MR) is 118 cm³/mol. The third-order valence-corrected chi connectivity index (χ3v) is 7.30. The van der Waals surface area contributed by atoms with E-state index in [1.807, 2.05) is 6.92 Å². The number of amides is 1. The lowest BCUT2D eigenvalue weighted by molar-refractivity contribution is -0.114. The minimum Gasteiger partial charge on any atom is -0.495 e. The first kappa shape index (κ1) is 22.8. The maximum absolute atomic E-state index is 13.4. The van der Waals surface area contributed by atoms with E-state index < -0.39 is 10.0 Å². The Morgan fingerprint density at radius 3 is 2.85 bits per heavy atom. The molecular formula is C21H24N6O5S. The average Bonchev–Trinajstić information content (AvgIpc) is 3.29. The largest absolute Gasteiger partial charge is 0.495 e. The number of hydrogen-bond donors (Lipinski definition) is 1. The number of carbonyl (C=O) groups excluding carboxylic acids is 1. The van der Waals surface area contributed by atoms with Crippen LogP contribution in [0.3, 0.4) is 0 Å². The van der Waals surface area contributed by atoms with Gasteiger partial charge >= 0.3 is 0 Å². The van der Waals surface area contributed by atoms with E-state index in [0.717, 1.165) is 6.42 Å². The predicted octanol–water partition coefficient (Wildman–Crippen LogP) is 2.37. The number of sulfonamides is 1. The molecule has 2 aromatic heterocycles. The van der Waals surface area contributed by atoms with Gasteiger partial charge in [0.1, 0.15) is 12.1 Å². The van der Waals surface area contributed by atoms with Crippen molar-refractivity contribution in [3.63, 3.8) is 0 Å². The van der Waals surface area contributed by atoms with Crippen LogP contribution in [-0.4, -0.2) is 59.0 Å². The molecule has 3 aromatic rings. The van der Waals surface area contributed by atoms with Crippen molar-refractivity contribution >= 4 is 21.6 Å². The number of nitrogens with one attached hydrogen (secondary N) is 1. The van der Waals surface area contributed by atoms with Crippen LogP contribution in [0.15, 0.2) is 40.0 Å². The van der Waals surface area contributed by atoms with Crippen LogP contribution in [-0.2, 0) is 14.8 Å². The number of nitrogens with zero attached hydrogens (tertiary/aromatic N) is 5. The van der Waals surface area contributed by atoms with Gasteiger partial charge < -0.3 is 14.5 Å². The molecule has 174 valence electrons. The van der Waals surface area contributed by atoms with Crippen LogP contribution in [0.2, 0.25) is 0 Å². The minimum atomic E-state index is -3.82. The molecule has 0 spiro atoms. The van der Waals surface area contributed by atoms with Crippen LogP contribution in [0.4, 0.5) is 5.69 Å². The fourth-order valence-corrected chi connectivity index (χ4v) is 5.31. The number of methoxy groups -OCH3 is 1. The minimum absolute atomic E-state index is 0.0657. The smallest absolute Gasteiger partial charge is 0.251 e. The summed E-state index contributed by atoms with van der Waals surface area (Å²) in [6.45, 7) is 3.74. The molecule has 12 heteroatoms. The van der Waals surface area contributed by atoms with Gasteiger partial charge in [-0.3, -0.25) is 4.79 Å². The van der Waals surface area contributed by atoms with E-state index in [0.29, 0.717) is 47.4 Å². The third kappa shape index (κ3) is 4.71. The fraction of sp³-hybridized carbons (Fsp3) is 0.381. The standard InChI is InChI=1S/C21H24N6O5S/c1-13-17(10-22-12-23-13)21-26-25-20(32-21)15-5-4-8-27(11-15)33(29,30)16-6-7-19(31-3)18(9-16)24-14(2)28/h6-7,9-10,12,15H,4-5,8,11H2,1-3H3,(H,24,28). The van der Waals surface area contributed by atoms with Gasteiger partial charge in [0.05, 0.1) is 34.9 Å². The van der Waals surface area contributed by atoms with E-state index in [1.54, 1.807) is 6.20 Å². The Labute approximate surface area is 191 Å². The van der Waals surface area contributed by atoms with E-state index in [2.05, 4.69) is 25.5 Å². The summed E-state index contributed by atoms with van der Waals surface area (Å²) in [6.07, 6.45) is 4.41. The molecule has 0 saturated carbocycles. The van der Waals surface area contributed by atoms with Gasteiger partial charge in [0, 0.05) is 26.2 Å². The molecule has 1 fully saturated rings. The number of benzene rings is 1. The molecule has 1 saturated heterocycles. The summed E-state index contributed by atoms with van der Waals surface area (Å²) >= 11 is 0. The van der Waals surface area contributed by atoms with Crippen LogP contribution in [0.1, 0.15) is 37.3 Å². The molecule has 1 aliphatic heterocycles. The molecule has 0 radical (unpaired) electrons. The van der Waals surface area contributed by atoms with E-state index in [-0.39, 0.29) is 23.3 Å². The Morgan fingerprint density at radius 1 is 1.30 bits per heavy atom. The monoisotopic (exact) mass is 472 g/mol. The Kier molecular flexibility index (Phi) is 6.38. The molecule has 1 aromatic carbocycles. The summed E-state index contributed by atoms with van der Waals surface area (Å²) in [5, 5.41) is 10.9. The van der Waals surface area contributed by atoms with Crippen LogP contribution in [0, 0.1) is 6.92 Å². The second-order valence-corrected chi connectivity index (χ2v) is 9.65. The molecule has 3 heterocycles. The summed E-state index contributed by atoms with van der Waals surface area (Å²) < 4.78 is 39.2. The number of hydrogen-bond acceptors (Lipinski definition) is 9. The van der Waals surface area contributed by atoms with Crippen molar-refractivity contribution in [3.8, 4) is 17.2 Å². The molecular weight excluding hydrogens is 448 g/mol. The number of rotatable bonds is 6. The topological polar surface area (TPSA) is 140 Å². The molecule has 4 rings (SSSR count).